The monoisotopic (exact) mass is 827 g/mol. The van der Waals surface area contributed by atoms with Crippen LogP contribution in [-0.4, -0.2) is 0 Å². The summed E-state index contributed by atoms with van der Waals surface area (Å²) in [4.78, 5) is 2.39. The molecule has 1 aliphatic carbocycles. The number of hydrogen-bond donors (Lipinski definition) is 0. The van der Waals surface area contributed by atoms with Gasteiger partial charge in [0, 0.05) is 22.1 Å². The van der Waals surface area contributed by atoms with Gasteiger partial charge < -0.3 is 9.32 Å². The van der Waals surface area contributed by atoms with Gasteiger partial charge in [0.25, 0.3) is 0 Å². The fourth-order valence-electron chi connectivity index (χ4n) is 10.8. The maximum Gasteiger partial charge on any atom is 0.159 e. The third-order valence-corrected chi connectivity index (χ3v) is 13.7. The minimum atomic E-state index is -0.535. The lowest BCUT2D eigenvalue weighted by atomic mass is 9.67. The molecular weight excluding hydrogens is 787 g/mol. The molecule has 11 aromatic carbocycles. The van der Waals surface area contributed by atoms with Gasteiger partial charge in [-0.3, -0.25) is 0 Å². The predicted octanol–water partition coefficient (Wildman–Crippen LogP) is 17.1. The Bertz CT molecular complexity index is 3730. The number of para-hydroxylation sites is 2. The van der Waals surface area contributed by atoms with E-state index in [1.165, 1.54) is 71.6 Å². The molecule has 0 N–H and O–H groups in total. The highest BCUT2D eigenvalue weighted by molar-refractivity contribution is 6.10. The number of fused-ring (bicyclic) bond motifs is 8. The van der Waals surface area contributed by atoms with Crippen LogP contribution in [-0.2, 0) is 5.41 Å². The Balaban J connectivity index is 0.994. The zero-order valence-corrected chi connectivity index (χ0v) is 35.5. The summed E-state index contributed by atoms with van der Waals surface area (Å²) in [5, 5.41) is 7.16. The van der Waals surface area contributed by atoms with E-state index in [-0.39, 0.29) is 0 Å². The number of furan rings is 1. The lowest BCUT2D eigenvalue weighted by Gasteiger charge is -2.35. The smallest absolute Gasteiger partial charge is 0.159 e. The summed E-state index contributed by atoms with van der Waals surface area (Å²) in [6, 6.07) is 90.8. The standard InChI is InChI=1S/C63H41NO/c1-3-18-48(19-4-1)63(49-20-5-2-6-21-49)58-26-11-9-22-53(58)54-38-37-51(41-59(54)63)64(60-27-14-25-56-55-23-10-12-28-61(55)65-62(56)60)50-35-33-43(34-36-50)46-31-30-44-17-13-24-52(57(44)40-46)47-32-29-42-15-7-8-16-45(42)39-47/h1-41H. The van der Waals surface area contributed by atoms with Crippen molar-refractivity contribution in [2.75, 3.05) is 4.90 Å². The second-order valence-electron chi connectivity index (χ2n) is 17.2. The van der Waals surface area contributed by atoms with Gasteiger partial charge in [0.2, 0.25) is 0 Å². The van der Waals surface area contributed by atoms with Gasteiger partial charge in [-0.05, 0) is 126 Å². The third kappa shape index (κ3) is 5.81. The van der Waals surface area contributed by atoms with Gasteiger partial charge in [-0.1, -0.05) is 200 Å². The van der Waals surface area contributed by atoms with Gasteiger partial charge in [-0.15, -0.1) is 0 Å². The summed E-state index contributed by atoms with van der Waals surface area (Å²) in [6.45, 7) is 0. The van der Waals surface area contributed by atoms with E-state index in [0.717, 1.165) is 44.6 Å². The average molecular weight is 828 g/mol. The topological polar surface area (TPSA) is 16.4 Å². The molecular formula is C63H41NO. The molecule has 304 valence electrons. The summed E-state index contributed by atoms with van der Waals surface area (Å²) in [6.07, 6.45) is 0. The molecule has 1 aliphatic rings. The van der Waals surface area contributed by atoms with E-state index < -0.39 is 5.41 Å². The molecule has 0 bridgehead atoms. The summed E-state index contributed by atoms with van der Waals surface area (Å²) in [7, 11) is 0. The first-order valence-corrected chi connectivity index (χ1v) is 22.4. The van der Waals surface area contributed by atoms with Crippen molar-refractivity contribution in [3.63, 3.8) is 0 Å². The van der Waals surface area contributed by atoms with Crippen LogP contribution in [0.2, 0.25) is 0 Å². The van der Waals surface area contributed by atoms with Crippen LogP contribution in [0.1, 0.15) is 22.3 Å². The maximum atomic E-state index is 6.79. The molecule has 0 saturated heterocycles. The van der Waals surface area contributed by atoms with Crippen LogP contribution in [0.4, 0.5) is 17.1 Å². The van der Waals surface area contributed by atoms with Gasteiger partial charge in [-0.2, -0.15) is 0 Å². The van der Waals surface area contributed by atoms with Crippen LogP contribution in [0.25, 0.3) is 76.9 Å². The van der Waals surface area contributed by atoms with E-state index in [1.807, 2.05) is 6.07 Å². The van der Waals surface area contributed by atoms with Crippen molar-refractivity contribution in [2.24, 2.45) is 0 Å². The van der Waals surface area contributed by atoms with E-state index in [0.29, 0.717) is 0 Å². The van der Waals surface area contributed by atoms with Crippen molar-refractivity contribution in [3.05, 3.63) is 271 Å². The van der Waals surface area contributed by atoms with E-state index >= 15 is 0 Å². The summed E-state index contributed by atoms with van der Waals surface area (Å²) >= 11 is 0. The number of anilines is 3. The van der Waals surface area contributed by atoms with Crippen LogP contribution in [0.15, 0.2) is 253 Å². The Morgan fingerprint density at radius 2 is 0.923 bits per heavy atom. The number of rotatable bonds is 7. The molecule has 0 saturated carbocycles. The molecule has 13 rings (SSSR count). The summed E-state index contributed by atoms with van der Waals surface area (Å²) in [5.41, 5.74) is 16.6. The fourth-order valence-corrected chi connectivity index (χ4v) is 10.8. The van der Waals surface area contributed by atoms with Gasteiger partial charge in [0.05, 0.1) is 11.1 Å². The van der Waals surface area contributed by atoms with Crippen molar-refractivity contribution < 1.29 is 4.42 Å². The van der Waals surface area contributed by atoms with Gasteiger partial charge in [0.15, 0.2) is 5.58 Å². The highest BCUT2D eigenvalue weighted by Crippen LogP contribution is 2.57. The molecule has 0 atom stereocenters. The van der Waals surface area contributed by atoms with Crippen LogP contribution in [0.5, 0.6) is 0 Å². The minimum absolute atomic E-state index is 0.535. The van der Waals surface area contributed by atoms with Crippen molar-refractivity contribution in [1.29, 1.82) is 0 Å². The molecule has 12 aromatic rings. The number of nitrogens with zero attached hydrogens (tertiary/aromatic N) is 1. The minimum Gasteiger partial charge on any atom is -0.454 e. The lowest BCUT2D eigenvalue weighted by Crippen LogP contribution is -2.28. The molecule has 0 amide bonds. The Labute approximate surface area is 377 Å². The van der Waals surface area contributed by atoms with Crippen LogP contribution in [0, 0.1) is 0 Å². The van der Waals surface area contributed by atoms with E-state index in [1.54, 1.807) is 0 Å². The Morgan fingerprint density at radius 1 is 0.323 bits per heavy atom. The predicted molar refractivity (Wildman–Crippen MR) is 272 cm³/mol. The maximum absolute atomic E-state index is 6.79. The van der Waals surface area contributed by atoms with E-state index in [4.69, 9.17) is 4.42 Å². The van der Waals surface area contributed by atoms with Crippen LogP contribution >= 0.6 is 0 Å². The third-order valence-electron chi connectivity index (χ3n) is 13.7. The molecule has 0 aliphatic heterocycles. The molecule has 0 fully saturated rings. The molecule has 1 heterocycles. The molecule has 2 nitrogen and oxygen atoms in total. The Hall–Kier alpha value is -8.46. The Kier molecular flexibility index (Phi) is 8.47. The Morgan fingerprint density at radius 3 is 1.75 bits per heavy atom. The van der Waals surface area contributed by atoms with Crippen molar-refractivity contribution in [3.8, 4) is 33.4 Å². The number of benzene rings is 11. The van der Waals surface area contributed by atoms with Gasteiger partial charge >= 0.3 is 0 Å². The number of hydrogen-bond acceptors (Lipinski definition) is 2. The van der Waals surface area contributed by atoms with Crippen LogP contribution < -0.4 is 4.90 Å². The highest BCUT2D eigenvalue weighted by Gasteiger charge is 2.46. The first-order chi connectivity index (χ1) is 32.2. The average Bonchev–Trinajstić information content (AvgIpc) is 3.91. The second-order valence-corrected chi connectivity index (χ2v) is 17.2. The SMILES string of the molecule is c1ccc(C2(c3ccccc3)c3ccccc3-c3ccc(N(c4ccc(-c5ccc6cccc(-c7ccc8ccccc8c7)c6c5)cc4)c4cccc5c4oc4ccccc45)cc32)cc1. The largest absolute Gasteiger partial charge is 0.454 e. The fraction of sp³-hybridized carbons (Fsp3) is 0.0159. The zero-order valence-electron chi connectivity index (χ0n) is 35.5. The van der Waals surface area contributed by atoms with Gasteiger partial charge in [0.1, 0.15) is 5.58 Å². The molecule has 0 spiro atoms. The molecule has 1 aromatic heterocycles. The lowest BCUT2D eigenvalue weighted by molar-refractivity contribution is 0.669. The zero-order chi connectivity index (χ0) is 42.9. The molecule has 0 unspecified atom stereocenters. The first kappa shape index (κ1) is 37.1. The van der Waals surface area contributed by atoms with E-state index in [2.05, 4.69) is 248 Å². The molecule has 65 heavy (non-hydrogen) atoms. The van der Waals surface area contributed by atoms with Gasteiger partial charge in [-0.25, -0.2) is 0 Å². The molecule has 2 heteroatoms. The van der Waals surface area contributed by atoms with Crippen molar-refractivity contribution in [1.82, 2.24) is 0 Å². The normalized spacial score (nSPS) is 12.7. The van der Waals surface area contributed by atoms with Crippen molar-refractivity contribution in [2.45, 2.75) is 5.41 Å². The second kappa shape index (κ2) is 14.8. The van der Waals surface area contributed by atoms with E-state index in [9.17, 15) is 0 Å². The molecule has 0 radical (unpaired) electrons. The summed E-state index contributed by atoms with van der Waals surface area (Å²) in [5.74, 6) is 0. The quantitative estimate of drug-likeness (QED) is 0.159. The van der Waals surface area contributed by atoms with Crippen LogP contribution in [0.3, 0.4) is 0 Å². The highest BCUT2D eigenvalue weighted by atomic mass is 16.3. The summed E-state index contributed by atoms with van der Waals surface area (Å²) < 4.78 is 6.79. The first-order valence-electron chi connectivity index (χ1n) is 22.4. The van der Waals surface area contributed by atoms with Crippen molar-refractivity contribution >= 4 is 60.5 Å².